The Kier molecular flexibility index (Phi) is 6.00. The zero-order valence-corrected chi connectivity index (χ0v) is 16.8. The van der Waals surface area contributed by atoms with Crippen molar-refractivity contribution < 1.29 is 9.47 Å². The lowest BCUT2D eigenvalue weighted by Crippen LogP contribution is -2.45. The summed E-state index contributed by atoms with van der Waals surface area (Å²) < 4.78 is 11.4. The van der Waals surface area contributed by atoms with Gasteiger partial charge in [0.15, 0.2) is 17.5 Å². The Morgan fingerprint density at radius 2 is 1.93 bits per heavy atom. The van der Waals surface area contributed by atoms with Gasteiger partial charge in [0.05, 0.1) is 19.8 Å². The van der Waals surface area contributed by atoms with Crippen LogP contribution in [0.4, 0.5) is 11.5 Å². The summed E-state index contributed by atoms with van der Waals surface area (Å²) in [5.41, 5.74) is 8.02. The second kappa shape index (κ2) is 9.00. The average Bonchev–Trinajstić information content (AvgIpc) is 2.98. The minimum Gasteiger partial charge on any atom is -0.490 e. The molecule has 8 nitrogen and oxygen atoms in total. The van der Waals surface area contributed by atoms with Gasteiger partial charge in [-0.3, -0.25) is 0 Å². The van der Waals surface area contributed by atoms with Gasteiger partial charge >= 0.3 is 0 Å². The molecular weight excluding hydrogens is 368 g/mol. The second-order valence-electron chi connectivity index (χ2n) is 7.31. The van der Waals surface area contributed by atoms with E-state index < -0.39 is 0 Å². The number of nitrogens with one attached hydrogen (secondary N) is 1. The van der Waals surface area contributed by atoms with Gasteiger partial charge in [-0.05, 0) is 25.2 Å². The fraction of sp³-hybridized carbons (Fsp3) is 0.429. The standard InChI is InChI=1S/C21H28N6O2/c1-26-8-10-27(11-9-26)20-16(4-2-7-23-20)15-24-21(22)25-17-5-6-18-19(14-17)29-13-3-12-28-18/h2,4-7,14H,3,8-13,15H2,1H3,(H3,22,24,25). The van der Waals surface area contributed by atoms with E-state index in [4.69, 9.17) is 15.2 Å². The van der Waals surface area contributed by atoms with E-state index >= 15 is 0 Å². The number of ether oxygens (including phenoxy) is 2. The van der Waals surface area contributed by atoms with Gasteiger partial charge in [0.1, 0.15) is 5.82 Å². The van der Waals surface area contributed by atoms with Crippen LogP contribution in [0.15, 0.2) is 41.5 Å². The molecule has 8 heteroatoms. The monoisotopic (exact) mass is 396 g/mol. The number of guanidine groups is 1. The quantitative estimate of drug-likeness (QED) is 0.603. The van der Waals surface area contributed by atoms with E-state index in [0.29, 0.717) is 25.7 Å². The highest BCUT2D eigenvalue weighted by atomic mass is 16.5. The molecule has 29 heavy (non-hydrogen) atoms. The summed E-state index contributed by atoms with van der Waals surface area (Å²) >= 11 is 0. The van der Waals surface area contributed by atoms with Crippen molar-refractivity contribution in [3.63, 3.8) is 0 Å². The predicted molar refractivity (Wildman–Crippen MR) is 115 cm³/mol. The van der Waals surface area contributed by atoms with Crippen molar-refractivity contribution in [1.82, 2.24) is 9.88 Å². The number of aromatic nitrogens is 1. The Morgan fingerprint density at radius 1 is 1.14 bits per heavy atom. The first-order chi connectivity index (χ1) is 14.2. The second-order valence-corrected chi connectivity index (χ2v) is 7.31. The topological polar surface area (TPSA) is 88.2 Å². The number of aliphatic imine (C=N–C) groups is 1. The number of piperazine rings is 1. The molecule has 2 aliphatic rings. The van der Waals surface area contributed by atoms with Crippen LogP contribution >= 0.6 is 0 Å². The van der Waals surface area contributed by atoms with Crippen molar-refractivity contribution in [1.29, 1.82) is 0 Å². The summed E-state index contributed by atoms with van der Waals surface area (Å²) in [6.45, 7) is 5.80. The first-order valence-corrected chi connectivity index (χ1v) is 10.0. The molecule has 1 saturated heterocycles. The number of rotatable bonds is 4. The first-order valence-electron chi connectivity index (χ1n) is 10.0. The van der Waals surface area contributed by atoms with E-state index in [1.54, 1.807) is 0 Å². The van der Waals surface area contributed by atoms with E-state index in [9.17, 15) is 0 Å². The molecule has 0 amide bonds. The molecule has 0 radical (unpaired) electrons. The molecule has 1 aromatic heterocycles. The van der Waals surface area contributed by atoms with Crippen molar-refractivity contribution in [3.8, 4) is 11.5 Å². The smallest absolute Gasteiger partial charge is 0.193 e. The van der Waals surface area contributed by atoms with Gasteiger partial charge in [0, 0.05) is 56.1 Å². The van der Waals surface area contributed by atoms with Gasteiger partial charge < -0.3 is 30.3 Å². The van der Waals surface area contributed by atoms with Crippen molar-refractivity contribution in [3.05, 3.63) is 42.1 Å². The molecule has 0 saturated carbocycles. The molecule has 0 aliphatic carbocycles. The number of anilines is 2. The van der Waals surface area contributed by atoms with Crippen LogP contribution in [0.1, 0.15) is 12.0 Å². The van der Waals surface area contributed by atoms with Crippen molar-refractivity contribution in [2.75, 3.05) is 56.7 Å². The minimum absolute atomic E-state index is 0.354. The molecule has 3 N–H and O–H groups in total. The number of benzene rings is 1. The summed E-state index contributed by atoms with van der Waals surface area (Å²) in [6.07, 6.45) is 2.71. The lowest BCUT2D eigenvalue weighted by molar-refractivity contribution is 0.297. The van der Waals surface area contributed by atoms with Crippen LogP contribution < -0.4 is 25.4 Å². The lowest BCUT2D eigenvalue weighted by Gasteiger charge is -2.34. The molecule has 0 atom stereocenters. The van der Waals surface area contributed by atoms with Crippen molar-refractivity contribution in [2.24, 2.45) is 10.7 Å². The minimum atomic E-state index is 0.354. The molecule has 1 aromatic carbocycles. The molecule has 0 spiro atoms. The van der Waals surface area contributed by atoms with E-state index in [-0.39, 0.29) is 0 Å². The third-order valence-electron chi connectivity index (χ3n) is 5.11. The molecule has 3 heterocycles. The Hall–Kier alpha value is -3.00. The van der Waals surface area contributed by atoms with Crippen LogP contribution in [-0.4, -0.2) is 62.3 Å². The van der Waals surface area contributed by atoms with E-state index in [1.807, 2.05) is 30.5 Å². The predicted octanol–water partition coefficient (Wildman–Crippen LogP) is 1.92. The third kappa shape index (κ3) is 4.89. The highest BCUT2D eigenvalue weighted by molar-refractivity contribution is 5.92. The number of hydrogen-bond acceptors (Lipinski definition) is 6. The zero-order chi connectivity index (χ0) is 20.1. The largest absolute Gasteiger partial charge is 0.490 e. The SMILES string of the molecule is CN1CCN(c2ncccc2CN=C(N)Nc2ccc3c(c2)OCCCO3)CC1. The Labute approximate surface area is 171 Å². The number of pyridine rings is 1. The van der Waals surface area contributed by atoms with Crippen molar-refractivity contribution in [2.45, 2.75) is 13.0 Å². The van der Waals surface area contributed by atoms with Gasteiger partial charge in [-0.1, -0.05) is 6.07 Å². The summed E-state index contributed by atoms with van der Waals surface area (Å²) in [7, 11) is 2.15. The van der Waals surface area contributed by atoms with Crippen LogP contribution in [0, 0.1) is 0 Å². The molecule has 0 bridgehead atoms. The first kappa shape index (κ1) is 19.3. The third-order valence-corrected chi connectivity index (χ3v) is 5.11. The highest BCUT2D eigenvalue weighted by Crippen LogP contribution is 2.32. The summed E-state index contributed by atoms with van der Waals surface area (Å²) in [5, 5.41) is 3.14. The van der Waals surface area contributed by atoms with E-state index in [1.165, 1.54) is 0 Å². The van der Waals surface area contributed by atoms with Gasteiger partial charge in [0.2, 0.25) is 0 Å². The zero-order valence-electron chi connectivity index (χ0n) is 16.8. The number of nitrogens with zero attached hydrogens (tertiary/aromatic N) is 4. The lowest BCUT2D eigenvalue weighted by atomic mass is 10.2. The Morgan fingerprint density at radius 3 is 2.76 bits per heavy atom. The van der Waals surface area contributed by atoms with Gasteiger partial charge in [0.25, 0.3) is 0 Å². The molecule has 1 fully saturated rings. The maximum Gasteiger partial charge on any atom is 0.193 e. The van der Waals surface area contributed by atoms with Crippen LogP contribution in [0.3, 0.4) is 0 Å². The maximum absolute atomic E-state index is 6.13. The molecule has 2 aromatic rings. The van der Waals surface area contributed by atoms with Crippen LogP contribution in [0.5, 0.6) is 11.5 Å². The van der Waals surface area contributed by atoms with Crippen LogP contribution in [0.25, 0.3) is 0 Å². The fourth-order valence-corrected chi connectivity index (χ4v) is 3.46. The average molecular weight is 396 g/mol. The Bertz CT molecular complexity index is 864. The number of likely N-dealkylation sites (N-methyl/N-ethyl adjacent to an activating group) is 1. The normalized spacial score (nSPS) is 17.7. The maximum atomic E-state index is 6.13. The summed E-state index contributed by atoms with van der Waals surface area (Å²) in [5.74, 6) is 2.83. The molecule has 0 unspecified atom stereocenters. The van der Waals surface area contributed by atoms with Gasteiger partial charge in [-0.15, -0.1) is 0 Å². The highest BCUT2D eigenvalue weighted by Gasteiger charge is 2.18. The number of nitrogens with two attached hydrogens (primary N) is 1. The summed E-state index contributed by atoms with van der Waals surface area (Å²) in [4.78, 5) is 13.8. The van der Waals surface area contributed by atoms with Crippen LogP contribution in [0.2, 0.25) is 0 Å². The Balaban J connectivity index is 1.42. The molecule has 4 rings (SSSR count). The van der Waals surface area contributed by atoms with E-state index in [0.717, 1.165) is 61.2 Å². The summed E-state index contributed by atoms with van der Waals surface area (Å²) in [6, 6.07) is 9.70. The van der Waals surface area contributed by atoms with E-state index in [2.05, 4.69) is 38.2 Å². The molecule has 154 valence electrons. The van der Waals surface area contributed by atoms with Crippen molar-refractivity contribution >= 4 is 17.5 Å². The number of fused-ring (bicyclic) bond motifs is 1. The van der Waals surface area contributed by atoms with Crippen LogP contribution in [-0.2, 0) is 6.54 Å². The molecule has 2 aliphatic heterocycles. The molecular formula is C21H28N6O2. The van der Waals surface area contributed by atoms with Gasteiger partial charge in [-0.25, -0.2) is 9.98 Å². The van der Waals surface area contributed by atoms with Gasteiger partial charge in [-0.2, -0.15) is 0 Å². The number of hydrogen-bond donors (Lipinski definition) is 2. The fourth-order valence-electron chi connectivity index (χ4n) is 3.46.